The van der Waals surface area contributed by atoms with E-state index in [-0.39, 0.29) is 25.8 Å². The molecule has 0 fully saturated rings. The highest BCUT2D eigenvalue weighted by molar-refractivity contribution is 5.79. The van der Waals surface area contributed by atoms with Crippen LogP contribution in [0.2, 0.25) is 0 Å². The van der Waals surface area contributed by atoms with Gasteiger partial charge >= 0.3 is 11.9 Å². The van der Waals surface area contributed by atoms with Crippen molar-refractivity contribution < 1.29 is 28.3 Å². The quantitative estimate of drug-likeness (QED) is 0.260. The van der Waals surface area contributed by atoms with Gasteiger partial charge < -0.3 is 18.7 Å². The Kier molecular flexibility index (Phi) is 10.8. The molecule has 6 heteroatoms. The highest BCUT2D eigenvalue weighted by Crippen LogP contribution is 2.30. The summed E-state index contributed by atoms with van der Waals surface area (Å²) in [5.41, 5.74) is 0.0752. The molecule has 194 valence electrons. The predicted octanol–water partition coefficient (Wildman–Crippen LogP) is 5.52. The van der Waals surface area contributed by atoms with Gasteiger partial charge in [-0.25, -0.2) is 0 Å². The molecule has 1 atom stereocenters. The molecule has 1 aromatic carbocycles. The lowest BCUT2D eigenvalue weighted by Crippen LogP contribution is -2.43. The molecule has 1 aromatic rings. The van der Waals surface area contributed by atoms with Crippen LogP contribution in [0.25, 0.3) is 0 Å². The summed E-state index contributed by atoms with van der Waals surface area (Å²) < 4.78 is 18.3. The first-order valence-corrected chi connectivity index (χ1v) is 12.5. The van der Waals surface area contributed by atoms with Crippen molar-refractivity contribution >= 4 is 11.9 Å². The second-order valence-corrected chi connectivity index (χ2v) is 11.6. The number of rotatable bonds is 14. The molecule has 0 aliphatic heterocycles. The van der Waals surface area contributed by atoms with Crippen LogP contribution in [0.3, 0.4) is 0 Å². The zero-order valence-electron chi connectivity index (χ0n) is 23.2. The summed E-state index contributed by atoms with van der Waals surface area (Å²) in [4.78, 5) is 26.0. The first kappa shape index (κ1) is 30.1. The fraction of sp³-hybridized carbons (Fsp3) is 0.714. The molecule has 0 bridgehead atoms. The van der Waals surface area contributed by atoms with Crippen LogP contribution in [-0.2, 0) is 37.0 Å². The smallest absolute Gasteiger partial charge is 0.317 e. The Hall–Kier alpha value is -1.92. The van der Waals surface area contributed by atoms with E-state index in [2.05, 4.69) is 33.3 Å². The average Bonchev–Trinajstić information content (AvgIpc) is 2.79. The Balaban J connectivity index is 2.91. The maximum atomic E-state index is 13.2. The second-order valence-electron chi connectivity index (χ2n) is 11.6. The van der Waals surface area contributed by atoms with E-state index in [9.17, 15) is 9.59 Å². The van der Waals surface area contributed by atoms with Crippen LogP contribution in [0.1, 0.15) is 78.9 Å². The topological polar surface area (TPSA) is 61.8 Å². The number of carbonyl (C=O) groups excluding carboxylic acids is 2. The molecule has 34 heavy (non-hydrogen) atoms. The first-order valence-electron chi connectivity index (χ1n) is 12.5. The van der Waals surface area contributed by atoms with E-state index >= 15 is 0 Å². The van der Waals surface area contributed by atoms with Gasteiger partial charge in [0.15, 0.2) is 0 Å². The fourth-order valence-electron chi connectivity index (χ4n) is 3.17. The summed E-state index contributed by atoms with van der Waals surface area (Å²) in [5.74, 6) is -0.726. The van der Waals surface area contributed by atoms with Crippen molar-refractivity contribution in [1.29, 1.82) is 0 Å². The van der Waals surface area contributed by atoms with Crippen LogP contribution in [0.5, 0.6) is 0 Å². The van der Waals surface area contributed by atoms with E-state index in [1.807, 2.05) is 53.7 Å². The zero-order chi connectivity index (χ0) is 26.2. The number of nitrogens with zero attached hydrogens (tertiary/aromatic N) is 1. The molecule has 0 saturated heterocycles. The third-order valence-electron chi connectivity index (χ3n) is 6.75. The molecule has 0 aromatic heterocycles. The number of ether oxygens (including phenoxy) is 3. The number of hydrogen-bond donors (Lipinski definition) is 0. The van der Waals surface area contributed by atoms with Gasteiger partial charge in [-0.05, 0) is 52.5 Å². The summed E-state index contributed by atoms with van der Waals surface area (Å²) in [5, 5.41) is 0. The molecule has 1 unspecified atom stereocenters. The van der Waals surface area contributed by atoms with E-state index in [4.69, 9.17) is 14.2 Å². The first-order chi connectivity index (χ1) is 15.6. The summed E-state index contributed by atoms with van der Waals surface area (Å²) in [6, 6.07) is 8.11. The number of carbonyl (C=O) groups is 2. The molecular weight excluding hydrogens is 430 g/mol. The van der Waals surface area contributed by atoms with E-state index in [0.717, 1.165) is 23.0 Å². The standard InChI is InChI=1S/C28H48NO5/c1-11-26(4,5)34-21-28(7,20-33-24(30)27(6,12-2)13-3)25(31)32-19-23-16-14-22(15-17-23)18-29(8,9)10/h14-17H,11-13,18-21H2,1-10H3/q+1. The van der Waals surface area contributed by atoms with Crippen LogP contribution in [-0.4, -0.2) is 56.4 Å². The monoisotopic (exact) mass is 478 g/mol. The number of esters is 2. The van der Waals surface area contributed by atoms with Gasteiger partial charge in [-0.2, -0.15) is 0 Å². The Bertz CT molecular complexity index is 790. The Morgan fingerprint density at radius 1 is 0.735 bits per heavy atom. The SMILES string of the molecule is CCC(C)(C)OCC(C)(COC(=O)C(C)(CC)CC)C(=O)OCc1ccc(C[N+](C)(C)C)cc1. The lowest BCUT2D eigenvalue weighted by atomic mass is 9.84. The van der Waals surface area contributed by atoms with Crippen molar-refractivity contribution in [2.45, 2.75) is 86.5 Å². The lowest BCUT2D eigenvalue weighted by Gasteiger charge is -2.33. The van der Waals surface area contributed by atoms with Gasteiger partial charge in [-0.3, -0.25) is 9.59 Å². The number of benzene rings is 1. The maximum absolute atomic E-state index is 13.2. The molecule has 0 saturated carbocycles. The van der Waals surface area contributed by atoms with Crippen molar-refractivity contribution in [2.24, 2.45) is 10.8 Å². The highest BCUT2D eigenvalue weighted by Gasteiger charge is 2.41. The van der Waals surface area contributed by atoms with Crippen LogP contribution in [0.15, 0.2) is 24.3 Å². The van der Waals surface area contributed by atoms with Gasteiger partial charge in [0.1, 0.15) is 25.2 Å². The molecule has 0 amide bonds. The van der Waals surface area contributed by atoms with E-state index in [1.165, 1.54) is 5.56 Å². The minimum atomic E-state index is -1.10. The predicted molar refractivity (Wildman–Crippen MR) is 136 cm³/mol. The number of quaternary nitrogens is 1. The molecule has 0 heterocycles. The summed E-state index contributed by atoms with van der Waals surface area (Å²) in [7, 11) is 6.44. The van der Waals surface area contributed by atoms with E-state index in [1.54, 1.807) is 6.92 Å². The molecular formula is C28H48NO5+. The van der Waals surface area contributed by atoms with Crippen molar-refractivity contribution in [3.63, 3.8) is 0 Å². The Labute approximate surface area is 207 Å². The molecule has 0 spiro atoms. The summed E-state index contributed by atoms with van der Waals surface area (Å²) >= 11 is 0. The molecule has 6 nitrogen and oxygen atoms in total. The van der Waals surface area contributed by atoms with Crippen LogP contribution < -0.4 is 0 Å². The Morgan fingerprint density at radius 3 is 1.71 bits per heavy atom. The third-order valence-corrected chi connectivity index (χ3v) is 6.75. The van der Waals surface area contributed by atoms with Gasteiger partial charge in [0.2, 0.25) is 0 Å². The lowest BCUT2D eigenvalue weighted by molar-refractivity contribution is -0.884. The van der Waals surface area contributed by atoms with Crippen molar-refractivity contribution in [3.05, 3.63) is 35.4 Å². The van der Waals surface area contributed by atoms with E-state index < -0.39 is 22.4 Å². The molecule has 0 aliphatic rings. The minimum absolute atomic E-state index is 0.0809. The highest BCUT2D eigenvalue weighted by atomic mass is 16.6. The van der Waals surface area contributed by atoms with Crippen molar-refractivity contribution in [1.82, 2.24) is 0 Å². The van der Waals surface area contributed by atoms with Gasteiger partial charge in [0.25, 0.3) is 0 Å². The normalized spacial score (nSPS) is 14.4. The number of hydrogen-bond acceptors (Lipinski definition) is 5. The van der Waals surface area contributed by atoms with Crippen LogP contribution in [0.4, 0.5) is 0 Å². The largest absolute Gasteiger partial charge is 0.464 e. The molecule has 1 rings (SSSR count). The average molecular weight is 479 g/mol. The van der Waals surface area contributed by atoms with Gasteiger partial charge in [-0.15, -0.1) is 0 Å². The van der Waals surface area contributed by atoms with Crippen molar-refractivity contribution in [2.75, 3.05) is 34.4 Å². The van der Waals surface area contributed by atoms with Gasteiger partial charge in [-0.1, -0.05) is 45.0 Å². The van der Waals surface area contributed by atoms with Gasteiger partial charge in [0.05, 0.1) is 38.8 Å². The third kappa shape index (κ3) is 9.38. The van der Waals surface area contributed by atoms with Crippen LogP contribution in [0, 0.1) is 10.8 Å². The minimum Gasteiger partial charge on any atom is -0.464 e. The van der Waals surface area contributed by atoms with Crippen molar-refractivity contribution in [3.8, 4) is 0 Å². The summed E-state index contributed by atoms with van der Waals surface area (Å²) in [6.45, 7) is 14.7. The van der Waals surface area contributed by atoms with Gasteiger partial charge in [0, 0.05) is 5.56 Å². The molecule has 0 radical (unpaired) electrons. The Morgan fingerprint density at radius 2 is 1.24 bits per heavy atom. The summed E-state index contributed by atoms with van der Waals surface area (Å²) in [6.07, 6.45) is 2.14. The molecule has 0 aliphatic carbocycles. The maximum Gasteiger partial charge on any atom is 0.317 e. The zero-order valence-corrected chi connectivity index (χ0v) is 23.2. The molecule has 0 N–H and O–H groups in total. The fourth-order valence-corrected chi connectivity index (χ4v) is 3.17. The second kappa shape index (κ2) is 12.2. The van der Waals surface area contributed by atoms with E-state index in [0.29, 0.717) is 12.8 Å². The van der Waals surface area contributed by atoms with Crippen LogP contribution >= 0.6 is 0 Å².